The van der Waals surface area contributed by atoms with Gasteiger partial charge in [-0.3, -0.25) is 0 Å². The fourth-order valence-corrected chi connectivity index (χ4v) is 1.67. The standard InChI is InChI=1S/C15H14/c1-2-3-4-8-13-10-7-11-14-9-5-6-12-15(13)14/h2-12H,1H3. The first kappa shape index (κ1) is 9.72. The first-order valence-corrected chi connectivity index (χ1v) is 5.19. The van der Waals surface area contributed by atoms with Gasteiger partial charge in [0.1, 0.15) is 0 Å². The Kier molecular flexibility index (Phi) is 2.99. The number of benzene rings is 2. The Hall–Kier alpha value is -1.82. The zero-order valence-electron chi connectivity index (χ0n) is 8.85. The van der Waals surface area contributed by atoms with E-state index in [1.54, 1.807) is 0 Å². The average molecular weight is 194 g/mol. The van der Waals surface area contributed by atoms with Crippen molar-refractivity contribution in [2.24, 2.45) is 0 Å². The molecule has 0 amide bonds. The highest BCUT2D eigenvalue weighted by atomic mass is 14.0. The molecule has 0 heterocycles. The first-order valence-electron chi connectivity index (χ1n) is 5.19. The van der Waals surface area contributed by atoms with Gasteiger partial charge in [-0.2, -0.15) is 0 Å². The fourth-order valence-electron chi connectivity index (χ4n) is 1.67. The molecule has 0 atom stereocenters. The normalized spacial score (nSPS) is 11.8. The highest BCUT2D eigenvalue weighted by Gasteiger charge is 1.94. The molecule has 2 aromatic rings. The molecule has 0 saturated carbocycles. The van der Waals surface area contributed by atoms with Crippen LogP contribution in [0.2, 0.25) is 0 Å². The van der Waals surface area contributed by atoms with Crippen LogP contribution in [-0.2, 0) is 0 Å². The molecule has 15 heavy (non-hydrogen) atoms. The van der Waals surface area contributed by atoms with E-state index in [-0.39, 0.29) is 0 Å². The van der Waals surface area contributed by atoms with Crippen LogP contribution in [0, 0.1) is 0 Å². The number of hydrogen-bond acceptors (Lipinski definition) is 0. The maximum absolute atomic E-state index is 2.16. The van der Waals surface area contributed by atoms with Crippen LogP contribution in [0.15, 0.2) is 60.7 Å². The Morgan fingerprint density at radius 1 is 0.867 bits per heavy atom. The van der Waals surface area contributed by atoms with Crippen LogP contribution < -0.4 is 0 Å². The minimum absolute atomic E-state index is 1.27. The third-order valence-electron chi connectivity index (χ3n) is 2.40. The third-order valence-corrected chi connectivity index (χ3v) is 2.40. The minimum Gasteiger partial charge on any atom is -0.0877 e. The molecule has 0 N–H and O–H groups in total. The predicted molar refractivity (Wildman–Crippen MR) is 67.8 cm³/mol. The third kappa shape index (κ3) is 2.16. The number of allylic oxidation sites excluding steroid dienone is 3. The molecule has 0 unspecified atom stereocenters. The Morgan fingerprint density at radius 3 is 2.53 bits per heavy atom. The summed E-state index contributed by atoms with van der Waals surface area (Å²) in [4.78, 5) is 0. The summed E-state index contributed by atoms with van der Waals surface area (Å²) in [6.07, 6.45) is 8.29. The summed E-state index contributed by atoms with van der Waals surface area (Å²) in [7, 11) is 0. The number of rotatable bonds is 2. The van der Waals surface area contributed by atoms with Crippen LogP contribution in [0.5, 0.6) is 0 Å². The molecule has 2 aromatic carbocycles. The second-order valence-electron chi connectivity index (χ2n) is 3.45. The molecular formula is C15H14. The lowest BCUT2D eigenvalue weighted by Crippen LogP contribution is -1.76. The summed E-state index contributed by atoms with van der Waals surface area (Å²) in [5.74, 6) is 0. The van der Waals surface area contributed by atoms with Crippen molar-refractivity contribution in [3.8, 4) is 0 Å². The largest absolute Gasteiger partial charge is 0.0877 e. The zero-order chi connectivity index (χ0) is 10.5. The van der Waals surface area contributed by atoms with Crippen LogP contribution in [0.25, 0.3) is 16.8 Å². The summed E-state index contributed by atoms with van der Waals surface area (Å²) in [5, 5.41) is 2.60. The van der Waals surface area contributed by atoms with Gasteiger partial charge < -0.3 is 0 Å². The molecule has 74 valence electrons. The maximum atomic E-state index is 2.16. The van der Waals surface area contributed by atoms with Gasteiger partial charge in [0.15, 0.2) is 0 Å². The van der Waals surface area contributed by atoms with Crippen molar-refractivity contribution < 1.29 is 0 Å². The molecule has 0 saturated heterocycles. The molecule has 0 bridgehead atoms. The molecular weight excluding hydrogens is 180 g/mol. The number of fused-ring (bicyclic) bond motifs is 1. The van der Waals surface area contributed by atoms with E-state index in [2.05, 4.69) is 54.6 Å². The molecule has 0 aliphatic rings. The van der Waals surface area contributed by atoms with Gasteiger partial charge in [0.25, 0.3) is 0 Å². The van der Waals surface area contributed by atoms with Crippen molar-refractivity contribution in [3.05, 3.63) is 66.3 Å². The summed E-state index contributed by atoms with van der Waals surface area (Å²) in [5.41, 5.74) is 1.27. The SMILES string of the molecule is CC=CC=Cc1cccc2ccccc12. The molecule has 0 aliphatic heterocycles. The summed E-state index contributed by atoms with van der Waals surface area (Å²) in [6, 6.07) is 14.8. The Labute approximate surface area is 90.6 Å². The van der Waals surface area contributed by atoms with Gasteiger partial charge in [-0.1, -0.05) is 66.8 Å². The van der Waals surface area contributed by atoms with E-state index in [9.17, 15) is 0 Å². The van der Waals surface area contributed by atoms with E-state index in [1.165, 1.54) is 16.3 Å². The van der Waals surface area contributed by atoms with Gasteiger partial charge in [-0.05, 0) is 23.3 Å². The molecule has 0 heteroatoms. The fraction of sp³-hybridized carbons (Fsp3) is 0.0667. The molecule has 0 fully saturated rings. The van der Waals surface area contributed by atoms with Crippen LogP contribution in [-0.4, -0.2) is 0 Å². The smallest absolute Gasteiger partial charge is 0.0111 e. The minimum atomic E-state index is 1.27. The Morgan fingerprint density at radius 2 is 1.67 bits per heavy atom. The van der Waals surface area contributed by atoms with Crippen LogP contribution >= 0.6 is 0 Å². The second kappa shape index (κ2) is 4.61. The van der Waals surface area contributed by atoms with E-state index in [0.29, 0.717) is 0 Å². The zero-order valence-corrected chi connectivity index (χ0v) is 8.85. The lowest BCUT2D eigenvalue weighted by atomic mass is 10.0. The monoisotopic (exact) mass is 194 g/mol. The van der Waals surface area contributed by atoms with E-state index in [1.807, 2.05) is 19.1 Å². The highest BCUT2D eigenvalue weighted by molar-refractivity contribution is 5.90. The van der Waals surface area contributed by atoms with E-state index in [4.69, 9.17) is 0 Å². The molecule has 0 aliphatic carbocycles. The Balaban J connectivity index is 2.51. The van der Waals surface area contributed by atoms with Gasteiger partial charge in [0.05, 0.1) is 0 Å². The van der Waals surface area contributed by atoms with Crippen molar-refractivity contribution in [2.45, 2.75) is 6.92 Å². The quantitative estimate of drug-likeness (QED) is 0.620. The van der Waals surface area contributed by atoms with Crippen molar-refractivity contribution in [1.29, 1.82) is 0 Å². The molecule has 2 rings (SSSR count). The lowest BCUT2D eigenvalue weighted by Gasteiger charge is -2.00. The van der Waals surface area contributed by atoms with Gasteiger partial charge >= 0.3 is 0 Å². The van der Waals surface area contributed by atoms with Crippen LogP contribution in [0.1, 0.15) is 12.5 Å². The maximum Gasteiger partial charge on any atom is -0.0111 e. The van der Waals surface area contributed by atoms with Crippen LogP contribution in [0.3, 0.4) is 0 Å². The van der Waals surface area contributed by atoms with Gasteiger partial charge in [0.2, 0.25) is 0 Å². The first-order chi connectivity index (χ1) is 7.42. The number of hydrogen-bond donors (Lipinski definition) is 0. The lowest BCUT2D eigenvalue weighted by molar-refractivity contribution is 1.70. The van der Waals surface area contributed by atoms with Crippen molar-refractivity contribution in [2.75, 3.05) is 0 Å². The van der Waals surface area contributed by atoms with E-state index >= 15 is 0 Å². The predicted octanol–water partition coefficient (Wildman–Crippen LogP) is 4.43. The molecule has 0 radical (unpaired) electrons. The molecule has 0 spiro atoms. The van der Waals surface area contributed by atoms with Crippen molar-refractivity contribution >= 4 is 16.8 Å². The van der Waals surface area contributed by atoms with Crippen molar-refractivity contribution in [3.63, 3.8) is 0 Å². The van der Waals surface area contributed by atoms with E-state index < -0.39 is 0 Å². The molecule has 0 aromatic heterocycles. The van der Waals surface area contributed by atoms with Gasteiger partial charge in [0, 0.05) is 0 Å². The summed E-state index contributed by atoms with van der Waals surface area (Å²) < 4.78 is 0. The second-order valence-corrected chi connectivity index (χ2v) is 3.45. The van der Waals surface area contributed by atoms with Crippen LogP contribution in [0.4, 0.5) is 0 Å². The Bertz CT molecular complexity index is 499. The topological polar surface area (TPSA) is 0 Å². The van der Waals surface area contributed by atoms with E-state index in [0.717, 1.165) is 0 Å². The highest BCUT2D eigenvalue weighted by Crippen LogP contribution is 2.19. The average Bonchev–Trinajstić information content (AvgIpc) is 2.30. The summed E-state index contributed by atoms with van der Waals surface area (Å²) >= 11 is 0. The van der Waals surface area contributed by atoms with Gasteiger partial charge in [-0.15, -0.1) is 0 Å². The van der Waals surface area contributed by atoms with Crippen molar-refractivity contribution in [1.82, 2.24) is 0 Å². The van der Waals surface area contributed by atoms with Gasteiger partial charge in [-0.25, -0.2) is 0 Å². The summed E-state index contributed by atoms with van der Waals surface area (Å²) in [6.45, 7) is 2.02. The molecule has 0 nitrogen and oxygen atoms in total.